The van der Waals surface area contributed by atoms with Gasteiger partial charge in [-0.05, 0) is 6.26 Å². The van der Waals surface area contributed by atoms with Crippen molar-refractivity contribution in [2.45, 2.75) is 11.7 Å². The second-order valence-corrected chi connectivity index (χ2v) is 5.30. The molecule has 0 atom stereocenters. The van der Waals surface area contributed by atoms with E-state index in [1.165, 1.54) is 11.8 Å². The van der Waals surface area contributed by atoms with Crippen molar-refractivity contribution >= 4 is 28.6 Å². The van der Waals surface area contributed by atoms with Crippen LogP contribution in [0.2, 0.25) is 0 Å². The molecule has 0 spiro atoms. The summed E-state index contributed by atoms with van der Waals surface area (Å²) >= 11 is 1.54. The summed E-state index contributed by atoms with van der Waals surface area (Å²) in [4.78, 5) is 11.5. The van der Waals surface area contributed by atoms with Gasteiger partial charge in [0.15, 0.2) is 10.8 Å². The lowest BCUT2D eigenvalue weighted by atomic mass is 10.3. The summed E-state index contributed by atoms with van der Waals surface area (Å²) in [6.07, 6.45) is 3.81. The number of aromatic nitrogens is 4. The average Bonchev–Trinajstić information content (AvgIpc) is 2.91. The van der Waals surface area contributed by atoms with Crippen molar-refractivity contribution in [1.82, 2.24) is 19.7 Å². The number of hydrogen-bond acceptors (Lipinski definition) is 7. The SMILES string of the molecule is CSc1nc(N2CCOCC2)c2cnn(CCN)c2n1. The first kappa shape index (κ1) is 13.6. The van der Waals surface area contributed by atoms with Gasteiger partial charge in [0.2, 0.25) is 0 Å². The second kappa shape index (κ2) is 5.94. The van der Waals surface area contributed by atoms with E-state index in [0.717, 1.165) is 48.3 Å². The zero-order chi connectivity index (χ0) is 13.9. The molecule has 2 aromatic rings. The highest BCUT2D eigenvalue weighted by molar-refractivity contribution is 7.98. The highest BCUT2D eigenvalue weighted by atomic mass is 32.2. The van der Waals surface area contributed by atoms with Crippen LogP contribution >= 0.6 is 11.8 Å². The van der Waals surface area contributed by atoms with Gasteiger partial charge < -0.3 is 15.4 Å². The van der Waals surface area contributed by atoms with Crippen molar-refractivity contribution in [2.24, 2.45) is 5.73 Å². The van der Waals surface area contributed by atoms with Crippen molar-refractivity contribution in [3.8, 4) is 0 Å². The van der Waals surface area contributed by atoms with E-state index in [9.17, 15) is 0 Å². The smallest absolute Gasteiger partial charge is 0.191 e. The van der Waals surface area contributed by atoms with Crippen molar-refractivity contribution in [2.75, 3.05) is 44.0 Å². The van der Waals surface area contributed by atoms with Crippen molar-refractivity contribution in [3.63, 3.8) is 0 Å². The summed E-state index contributed by atoms with van der Waals surface area (Å²) in [6.45, 7) is 4.37. The van der Waals surface area contributed by atoms with Crippen molar-refractivity contribution in [1.29, 1.82) is 0 Å². The van der Waals surface area contributed by atoms with Crippen LogP contribution in [0.4, 0.5) is 5.82 Å². The predicted octanol–water partition coefficient (Wildman–Crippen LogP) is 0.344. The minimum Gasteiger partial charge on any atom is -0.378 e. The second-order valence-electron chi connectivity index (χ2n) is 4.53. The lowest BCUT2D eigenvalue weighted by molar-refractivity contribution is 0.122. The summed E-state index contributed by atoms with van der Waals surface area (Å²) in [5, 5.41) is 6.13. The molecule has 0 saturated carbocycles. The quantitative estimate of drug-likeness (QED) is 0.643. The van der Waals surface area contributed by atoms with Crippen LogP contribution in [0.3, 0.4) is 0 Å². The number of fused-ring (bicyclic) bond motifs is 1. The maximum Gasteiger partial charge on any atom is 0.191 e. The lowest BCUT2D eigenvalue weighted by Crippen LogP contribution is -2.37. The van der Waals surface area contributed by atoms with Gasteiger partial charge in [-0.2, -0.15) is 5.10 Å². The Balaban J connectivity index is 2.09. The largest absolute Gasteiger partial charge is 0.378 e. The van der Waals surface area contributed by atoms with Crippen LogP contribution in [0, 0.1) is 0 Å². The fourth-order valence-electron chi connectivity index (χ4n) is 2.31. The predicted molar refractivity (Wildman–Crippen MR) is 79.2 cm³/mol. The summed E-state index contributed by atoms with van der Waals surface area (Å²) in [7, 11) is 0. The number of morpholine rings is 1. The molecule has 3 rings (SSSR count). The summed E-state index contributed by atoms with van der Waals surface area (Å²) in [5.74, 6) is 0.950. The Hall–Kier alpha value is -1.38. The molecule has 20 heavy (non-hydrogen) atoms. The van der Waals surface area contributed by atoms with Crippen LogP contribution in [0.5, 0.6) is 0 Å². The van der Waals surface area contributed by atoms with Gasteiger partial charge in [-0.15, -0.1) is 0 Å². The molecular weight excluding hydrogens is 276 g/mol. The number of thioether (sulfide) groups is 1. The molecule has 8 heteroatoms. The summed E-state index contributed by atoms with van der Waals surface area (Å²) in [5.41, 5.74) is 6.48. The molecule has 1 saturated heterocycles. The molecule has 0 amide bonds. The van der Waals surface area contributed by atoms with Crippen LogP contribution in [-0.2, 0) is 11.3 Å². The fourth-order valence-corrected chi connectivity index (χ4v) is 2.67. The first-order chi connectivity index (χ1) is 9.83. The third-order valence-corrected chi connectivity index (χ3v) is 3.84. The molecule has 0 aromatic carbocycles. The standard InChI is InChI=1S/C12H18N6OS/c1-20-12-15-10(17-4-6-19-7-5-17)9-8-14-18(3-2-13)11(9)16-12/h8H,2-7,13H2,1H3. The number of hydrogen-bond donors (Lipinski definition) is 1. The zero-order valence-corrected chi connectivity index (χ0v) is 12.3. The van der Waals surface area contributed by atoms with Gasteiger partial charge in [0.25, 0.3) is 0 Å². The maximum atomic E-state index is 5.63. The van der Waals surface area contributed by atoms with Gasteiger partial charge in [-0.25, -0.2) is 14.6 Å². The Morgan fingerprint density at radius 1 is 1.35 bits per heavy atom. The van der Waals surface area contributed by atoms with Gasteiger partial charge in [-0.3, -0.25) is 0 Å². The van der Waals surface area contributed by atoms with E-state index in [1.54, 1.807) is 0 Å². The van der Waals surface area contributed by atoms with Crippen LogP contribution in [-0.4, -0.2) is 58.9 Å². The topological polar surface area (TPSA) is 82.1 Å². The highest BCUT2D eigenvalue weighted by Gasteiger charge is 2.19. The van der Waals surface area contributed by atoms with Gasteiger partial charge in [0.1, 0.15) is 5.82 Å². The Kier molecular flexibility index (Phi) is 4.04. The van der Waals surface area contributed by atoms with Gasteiger partial charge in [-0.1, -0.05) is 11.8 Å². The molecule has 0 bridgehead atoms. The van der Waals surface area contributed by atoms with E-state index in [4.69, 9.17) is 10.5 Å². The molecule has 3 heterocycles. The number of rotatable bonds is 4. The minimum atomic E-state index is 0.544. The molecule has 0 radical (unpaired) electrons. The Bertz CT molecular complexity index is 595. The molecule has 1 aliphatic rings. The average molecular weight is 294 g/mol. The normalized spacial score (nSPS) is 16.0. The van der Waals surface area contributed by atoms with E-state index in [-0.39, 0.29) is 0 Å². The monoisotopic (exact) mass is 294 g/mol. The fraction of sp³-hybridized carbons (Fsp3) is 0.583. The van der Waals surface area contributed by atoms with E-state index < -0.39 is 0 Å². The molecule has 1 fully saturated rings. The first-order valence-corrected chi connectivity index (χ1v) is 7.86. The number of nitrogens with two attached hydrogens (primary N) is 1. The van der Waals surface area contributed by atoms with E-state index >= 15 is 0 Å². The number of nitrogens with zero attached hydrogens (tertiary/aromatic N) is 5. The molecule has 0 aliphatic carbocycles. The first-order valence-electron chi connectivity index (χ1n) is 6.64. The molecule has 1 aliphatic heterocycles. The Labute approximate surface area is 121 Å². The van der Waals surface area contributed by atoms with Gasteiger partial charge >= 0.3 is 0 Å². The van der Waals surface area contributed by atoms with Crippen LogP contribution in [0.1, 0.15) is 0 Å². The van der Waals surface area contributed by atoms with Crippen LogP contribution in [0.25, 0.3) is 11.0 Å². The van der Waals surface area contributed by atoms with Crippen LogP contribution in [0.15, 0.2) is 11.4 Å². The summed E-state index contributed by atoms with van der Waals surface area (Å²) in [6, 6.07) is 0. The molecule has 2 N–H and O–H groups in total. The highest BCUT2D eigenvalue weighted by Crippen LogP contribution is 2.26. The van der Waals surface area contributed by atoms with E-state index in [2.05, 4.69) is 20.0 Å². The molecule has 108 valence electrons. The number of ether oxygens (including phenoxy) is 1. The molecule has 7 nitrogen and oxygen atoms in total. The third-order valence-electron chi connectivity index (χ3n) is 3.29. The maximum absolute atomic E-state index is 5.63. The number of anilines is 1. The Morgan fingerprint density at radius 2 is 2.15 bits per heavy atom. The van der Waals surface area contributed by atoms with Crippen LogP contribution < -0.4 is 10.6 Å². The van der Waals surface area contributed by atoms with Gasteiger partial charge in [0, 0.05) is 19.6 Å². The van der Waals surface area contributed by atoms with E-state index in [1.807, 2.05) is 17.1 Å². The molecular formula is C12H18N6OS. The minimum absolute atomic E-state index is 0.544. The van der Waals surface area contributed by atoms with Crippen molar-refractivity contribution < 1.29 is 4.74 Å². The van der Waals surface area contributed by atoms with E-state index in [0.29, 0.717) is 13.1 Å². The van der Waals surface area contributed by atoms with Gasteiger partial charge in [0.05, 0.1) is 31.3 Å². The molecule has 0 unspecified atom stereocenters. The summed E-state index contributed by atoms with van der Waals surface area (Å²) < 4.78 is 7.25. The zero-order valence-electron chi connectivity index (χ0n) is 11.4. The Morgan fingerprint density at radius 3 is 2.85 bits per heavy atom. The third kappa shape index (κ3) is 2.46. The van der Waals surface area contributed by atoms with Crippen molar-refractivity contribution in [3.05, 3.63) is 6.20 Å². The lowest BCUT2D eigenvalue weighted by Gasteiger charge is -2.28. The molecule has 2 aromatic heterocycles.